The van der Waals surface area contributed by atoms with Crippen LogP contribution in [0.25, 0.3) is 10.8 Å². The maximum Gasteiger partial charge on any atom is 0.314 e. The van der Waals surface area contributed by atoms with Crippen molar-refractivity contribution < 1.29 is 208 Å². The SMILES string of the molecule is C=C(Cl)CI.C=C(Cl)Cc1c[c-]ccc1C(=O)O.C=C(Cl)Cc1c[c-]ccc1C(=O)OC.COC(=O)c1cc[c-]cc1I.O=C(O)c1cc[c-]cc1I.Oc1cc(Cl)cc2c[c-]ccc12.[Y].[Y].[Y].[Y].[Y]. The van der Waals surface area contributed by atoms with Crippen molar-refractivity contribution in [3.63, 3.8) is 0 Å². The van der Waals surface area contributed by atoms with Gasteiger partial charge in [0.25, 0.3) is 0 Å². The van der Waals surface area contributed by atoms with Crippen molar-refractivity contribution in [2.24, 2.45) is 0 Å². The number of benzene rings is 6. The molecule has 0 saturated carbocycles. The molecule has 0 unspecified atom stereocenters. The van der Waals surface area contributed by atoms with Gasteiger partial charge in [-0.1, -0.05) is 107 Å². The molecule has 0 saturated heterocycles. The number of alkyl halides is 1. The van der Waals surface area contributed by atoms with Gasteiger partial charge < -0.3 is 24.8 Å². The molecular formula is C49H38Cl4I3O9Y5-5. The number of aromatic hydroxyl groups is 1. The number of hydrogen-bond donors (Lipinski definition) is 3. The fourth-order valence-electron chi connectivity index (χ4n) is 4.62. The first-order chi connectivity index (χ1) is 30.8. The summed E-state index contributed by atoms with van der Waals surface area (Å²) in [5, 5.41) is 30.7. The Labute approximate surface area is 596 Å². The van der Waals surface area contributed by atoms with Crippen LogP contribution in [0.2, 0.25) is 5.02 Å². The third-order valence-corrected chi connectivity index (χ3v) is 11.2. The predicted octanol–water partition coefficient (Wildman–Crippen LogP) is 13.9. The smallest absolute Gasteiger partial charge is 0.314 e. The van der Waals surface area contributed by atoms with Gasteiger partial charge in [-0.3, -0.25) is 0 Å². The van der Waals surface area contributed by atoms with Crippen LogP contribution in [0.5, 0.6) is 5.75 Å². The van der Waals surface area contributed by atoms with Crippen molar-refractivity contribution in [3.05, 3.63) is 214 Å². The summed E-state index contributed by atoms with van der Waals surface area (Å²) in [6, 6.07) is 42.5. The Morgan fingerprint density at radius 2 is 0.929 bits per heavy atom. The maximum absolute atomic E-state index is 11.3. The average molecular weight is 1740 g/mol. The Hall–Kier alpha value is 1.35. The van der Waals surface area contributed by atoms with E-state index in [4.69, 9.17) is 56.6 Å². The summed E-state index contributed by atoms with van der Waals surface area (Å²) in [5.41, 5.74) is 3.09. The summed E-state index contributed by atoms with van der Waals surface area (Å²) in [5.74, 6) is -2.30. The van der Waals surface area contributed by atoms with E-state index in [-0.39, 0.29) is 187 Å². The molecule has 0 spiro atoms. The van der Waals surface area contributed by atoms with Crippen molar-refractivity contribution in [2.45, 2.75) is 12.8 Å². The molecule has 3 N–H and O–H groups in total. The minimum absolute atomic E-state index is 0. The Kier molecular flexibility index (Phi) is 53.2. The summed E-state index contributed by atoms with van der Waals surface area (Å²) in [7, 11) is 2.72. The molecule has 0 heterocycles. The number of carboxylic acid groups (broad SMARTS) is 2. The van der Waals surface area contributed by atoms with Crippen LogP contribution in [0.15, 0.2) is 138 Å². The Balaban J connectivity index is -0.000000242. The zero-order chi connectivity index (χ0) is 49.1. The van der Waals surface area contributed by atoms with Crippen molar-refractivity contribution in [1.29, 1.82) is 0 Å². The van der Waals surface area contributed by atoms with Gasteiger partial charge in [0.2, 0.25) is 0 Å². The minimum Gasteiger partial charge on any atom is -0.509 e. The molecule has 0 amide bonds. The second-order valence-corrected chi connectivity index (χ2v) is 17.3. The number of hydrogen-bond acceptors (Lipinski definition) is 7. The number of esters is 2. The Morgan fingerprint density at radius 1 is 0.571 bits per heavy atom. The first kappa shape index (κ1) is 80.2. The van der Waals surface area contributed by atoms with Gasteiger partial charge in [-0.25, -0.2) is 19.2 Å². The molecule has 70 heavy (non-hydrogen) atoms. The normalized spacial score (nSPS) is 8.81. The number of methoxy groups -OCH3 is 2. The Morgan fingerprint density at radius 3 is 1.31 bits per heavy atom. The van der Waals surface area contributed by atoms with E-state index in [2.05, 4.69) is 105 Å². The van der Waals surface area contributed by atoms with Gasteiger partial charge in [0.1, 0.15) is 5.75 Å². The monoisotopic (exact) mass is 1740 g/mol. The van der Waals surface area contributed by atoms with Gasteiger partial charge in [0.05, 0.1) is 14.2 Å². The summed E-state index contributed by atoms with van der Waals surface area (Å²) >= 11 is 28.4. The number of halogens is 7. The largest absolute Gasteiger partial charge is 0.509 e. The Bertz CT molecular complexity index is 2590. The molecule has 357 valence electrons. The minimum atomic E-state index is -0.957. The molecular weight excluding hydrogens is 1700 g/mol. The van der Waals surface area contributed by atoms with Gasteiger partial charge in [0.15, 0.2) is 0 Å². The maximum atomic E-state index is 11.3. The number of ether oxygens (including phenoxy) is 2. The van der Waals surface area contributed by atoms with Crippen LogP contribution >= 0.6 is 114 Å². The first-order valence-corrected chi connectivity index (χ1v) is 23.2. The quantitative estimate of drug-likeness (QED) is 0.0557. The molecule has 0 fully saturated rings. The number of carboxylic acids is 2. The van der Waals surface area contributed by atoms with Crippen molar-refractivity contribution in [3.8, 4) is 5.75 Å². The molecule has 6 aromatic carbocycles. The van der Waals surface area contributed by atoms with Gasteiger partial charge in [-0.05, 0) is 41.2 Å². The first-order valence-electron chi connectivity index (χ1n) is 18.0. The number of aromatic carboxylic acids is 2. The van der Waals surface area contributed by atoms with Crippen LogP contribution in [-0.2, 0) is 186 Å². The van der Waals surface area contributed by atoms with Crippen LogP contribution in [-0.4, -0.2) is 57.8 Å². The molecule has 0 aromatic heterocycles. The topological polar surface area (TPSA) is 147 Å². The van der Waals surface area contributed by atoms with E-state index in [0.717, 1.165) is 24.3 Å². The number of allylic oxidation sites excluding steroid dienone is 3. The average Bonchev–Trinajstić information content (AvgIpc) is 3.27. The number of carbonyl (C=O) groups excluding carboxylic acids is 2. The summed E-state index contributed by atoms with van der Waals surface area (Å²) in [6.45, 7) is 10.5. The van der Waals surface area contributed by atoms with E-state index in [0.29, 0.717) is 58.8 Å². The van der Waals surface area contributed by atoms with Gasteiger partial charge in [-0.15, -0.1) is 61.7 Å². The number of carbonyl (C=O) groups is 4. The van der Waals surface area contributed by atoms with Gasteiger partial charge in [-0.2, -0.15) is 121 Å². The molecule has 9 nitrogen and oxygen atoms in total. The number of phenols is 1. The standard InChI is InChI=1S/C11H10ClO2.C10H8ClO2.C10H6ClO.C8H6IO2.C7H4IO2.C3H4ClI.5Y/c1-8(12)7-9-5-3-4-6-10(9)11(13)14-2;1-7(11)6-8-4-2-3-5-9(8)10(12)13;11-8-5-7-3-1-2-4-9(7)10(12)6-8;1-11-8(10)6-4-2-3-5-7(6)9;8-6-4-2-1-3-5(6)7(9)10;1-3(4)2-5;;;;;/h4-6H,1,7H2,2H3;3-5H,1,6H2,(H,12,13);2-6,12H;2,4-5H,1H3;1,3-4H,(H,9,10);1-2H2;;;;;/q5*-1;;;;;;. The van der Waals surface area contributed by atoms with Crippen LogP contribution in [0.4, 0.5) is 0 Å². The second kappa shape index (κ2) is 46.4. The molecule has 0 bridgehead atoms. The number of fused-ring (bicyclic) bond motifs is 1. The van der Waals surface area contributed by atoms with E-state index in [1.54, 1.807) is 84.9 Å². The summed E-state index contributed by atoms with van der Waals surface area (Å²) in [6.07, 6.45) is 0.809. The fraction of sp³-hybridized carbons (Fsp3) is 0.102. The molecule has 6 aromatic rings. The predicted molar refractivity (Wildman–Crippen MR) is 284 cm³/mol. The molecule has 5 radical (unpaired) electrons. The van der Waals surface area contributed by atoms with Gasteiger partial charge >= 0.3 is 23.9 Å². The van der Waals surface area contributed by atoms with Crippen LogP contribution in [0, 0.1) is 37.5 Å². The van der Waals surface area contributed by atoms with Crippen molar-refractivity contribution >= 4 is 149 Å². The molecule has 6 rings (SSSR count). The van der Waals surface area contributed by atoms with Crippen molar-refractivity contribution in [2.75, 3.05) is 18.6 Å². The number of rotatable bonds is 9. The van der Waals surface area contributed by atoms with Crippen LogP contribution in [0.3, 0.4) is 0 Å². The fourth-order valence-corrected chi connectivity index (χ4v) is 6.30. The second-order valence-electron chi connectivity index (χ2n) is 12.2. The zero-order valence-corrected chi connectivity index (χ0v) is 61.1. The number of phenolic OH excluding ortho intramolecular Hbond substituents is 1. The van der Waals surface area contributed by atoms with E-state index in [1.807, 2.05) is 22.6 Å². The summed E-state index contributed by atoms with van der Waals surface area (Å²) < 4.78 is 11.6. The molecule has 0 atom stereocenters. The van der Waals surface area contributed by atoms with Crippen molar-refractivity contribution in [1.82, 2.24) is 0 Å². The van der Waals surface area contributed by atoms with E-state index < -0.39 is 11.9 Å². The molecule has 0 aliphatic rings. The third kappa shape index (κ3) is 33.5. The third-order valence-electron chi connectivity index (χ3n) is 7.45. The molecule has 21 heteroatoms. The molecule has 0 aliphatic heterocycles. The summed E-state index contributed by atoms with van der Waals surface area (Å²) in [4.78, 5) is 43.4. The van der Waals surface area contributed by atoms with Crippen LogP contribution in [0.1, 0.15) is 52.6 Å². The van der Waals surface area contributed by atoms with Gasteiger partial charge in [0, 0.05) is 188 Å². The van der Waals surface area contributed by atoms with E-state index in [1.165, 1.54) is 32.4 Å². The van der Waals surface area contributed by atoms with Crippen LogP contribution < -0.4 is 0 Å². The zero-order valence-electron chi connectivity index (χ0n) is 37.4. The van der Waals surface area contributed by atoms with E-state index in [9.17, 15) is 24.3 Å². The van der Waals surface area contributed by atoms with E-state index >= 15 is 0 Å². The molecule has 0 aliphatic carbocycles.